The smallest absolute Gasteiger partial charge is 0.348 e. The maximum absolute atomic E-state index is 12.1. The molecule has 0 aromatic heterocycles. The number of nitrogens with zero attached hydrogens (tertiary/aromatic N) is 1. The van der Waals surface area contributed by atoms with Crippen LogP contribution < -0.4 is 4.74 Å². The fourth-order valence-electron chi connectivity index (χ4n) is 2.96. The molecule has 0 radical (unpaired) electrons. The van der Waals surface area contributed by atoms with Gasteiger partial charge in [-0.3, -0.25) is 4.90 Å². The molecule has 0 N–H and O–H groups in total. The largest absolute Gasteiger partial charge is 0.496 e. The molecule has 0 spiro atoms. The summed E-state index contributed by atoms with van der Waals surface area (Å²) in [7, 11) is 1.64. The SMILES string of the molecule is COc1ccc(C=C2C(=O)OC(C)(C)OC2=O)cc1CN1CCSCC1. The second-order valence-electron chi connectivity index (χ2n) is 6.70. The molecular formula is C19H23NO5S. The standard InChI is InChI=1S/C19H23NO5S/c1-19(2)24-17(21)15(18(22)25-19)11-13-4-5-16(23-3)14(10-13)12-20-6-8-26-9-7-20/h4-5,10-11H,6-9,12H2,1-3H3. The van der Waals surface area contributed by atoms with Crippen LogP contribution in [0.15, 0.2) is 23.8 Å². The zero-order valence-electron chi connectivity index (χ0n) is 15.2. The first-order valence-electron chi connectivity index (χ1n) is 8.53. The van der Waals surface area contributed by atoms with Gasteiger partial charge in [-0.05, 0) is 23.8 Å². The van der Waals surface area contributed by atoms with E-state index < -0.39 is 17.7 Å². The van der Waals surface area contributed by atoms with Gasteiger partial charge in [-0.25, -0.2) is 9.59 Å². The van der Waals surface area contributed by atoms with Crippen LogP contribution in [0.3, 0.4) is 0 Å². The summed E-state index contributed by atoms with van der Waals surface area (Å²) in [6, 6.07) is 5.60. The van der Waals surface area contributed by atoms with Gasteiger partial charge < -0.3 is 14.2 Å². The number of esters is 2. The number of carbonyl (C=O) groups excluding carboxylic acids is 2. The molecule has 0 aliphatic carbocycles. The van der Waals surface area contributed by atoms with Gasteiger partial charge in [-0.15, -0.1) is 0 Å². The predicted octanol–water partition coefficient (Wildman–Crippen LogP) is 2.46. The minimum absolute atomic E-state index is 0.102. The number of benzene rings is 1. The van der Waals surface area contributed by atoms with E-state index in [0.717, 1.165) is 48.0 Å². The zero-order chi connectivity index (χ0) is 18.7. The topological polar surface area (TPSA) is 65.1 Å². The minimum atomic E-state index is -1.23. The Kier molecular flexibility index (Phi) is 5.58. The molecule has 3 rings (SSSR count). The molecule has 1 aromatic rings. The van der Waals surface area contributed by atoms with Gasteiger partial charge >= 0.3 is 11.9 Å². The molecule has 7 heteroatoms. The lowest BCUT2D eigenvalue weighted by Gasteiger charge is -2.29. The highest BCUT2D eigenvalue weighted by Gasteiger charge is 2.38. The Bertz CT molecular complexity index is 715. The monoisotopic (exact) mass is 377 g/mol. The molecule has 6 nitrogen and oxygen atoms in total. The van der Waals surface area contributed by atoms with Gasteiger partial charge in [0.05, 0.1) is 7.11 Å². The summed E-state index contributed by atoms with van der Waals surface area (Å²) in [6.07, 6.45) is 1.51. The molecule has 0 atom stereocenters. The number of thioether (sulfide) groups is 1. The van der Waals surface area contributed by atoms with Crippen LogP contribution in [0.2, 0.25) is 0 Å². The molecule has 140 valence electrons. The normalized spacial score (nSPS) is 20.3. The van der Waals surface area contributed by atoms with Gasteiger partial charge in [0, 0.05) is 50.6 Å². The number of hydrogen-bond donors (Lipinski definition) is 0. The van der Waals surface area contributed by atoms with E-state index in [2.05, 4.69) is 4.90 Å². The molecule has 0 saturated carbocycles. The molecule has 0 amide bonds. The highest BCUT2D eigenvalue weighted by molar-refractivity contribution is 7.99. The number of hydrogen-bond acceptors (Lipinski definition) is 7. The quantitative estimate of drug-likeness (QED) is 0.454. The van der Waals surface area contributed by atoms with Gasteiger partial charge in [-0.1, -0.05) is 6.07 Å². The van der Waals surface area contributed by atoms with Crippen molar-refractivity contribution >= 4 is 29.8 Å². The van der Waals surface area contributed by atoms with E-state index in [4.69, 9.17) is 14.2 Å². The third-order valence-electron chi connectivity index (χ3n) is 4.23. The van der Waals surface area contributed by atoms with Crippen molar-refractivity contribution in [1.82, 2.24) is 4.90 Å². The Morgan fingerprint density at radius 3 is 2.46 bits per heavy atom. The van der Waals surface area contributed by atoms with Crippen molar-refractivity contribution in [2.24, 2.45) is 0 Å². The average Bonchev–Trinajstić information content (AvgIpc) is 2.58. The first-order valence-corrected chi connectivity index (χ1v) is 9.69. The maximum atomic E-state index is 12.1. The van der Waals surface area contributed by atoms with Gasteiger partial charge in [0.25, 0.3) is 5.79 Å². The van der Waals surface area contributed by atoms with Crippen molar-refractivity contribution in [3.8, 4) is 5.75 Å². The minimum Gasteiger partial charge on any atom is -0.496 e. The van der Waals surface area contributed by atoms with E-state index in [0.29, 0.717) is 0 Å². The van der Waals surface area contributed by atoms with Gasteiger partial charge in [0.15, 0.2) is 0 Å². The lowest BCUT2D eigenvalue weighted by atomic mass is 10.1. The molecule has 1 aromatic carbocycles. The Morgan fingerprint density at radius 1 is 1.19 bits per heavy atom. The van der Waals surface area contributed by atoms with Crippen LogP contribution in [-0.2, 0) is 25.6 Å². The first-order chi connectivity index (χ1) is 12.4. The third kappa shape index (κ3) is 4.40. The Hall–Kier alpha value is -1.99. The molecule has 2 saturated heterocycles. The van der Waals surface area contributed by atoms with Crippen LogP contribution in [-0.4, -0.2) is 54.3 Å². The van der Waals surface area contributed by atoms with Gasteiger partial charge in [-0.2, -0.15) is 11.8 Å². The molecule has 26 heavy (non-hydrogen) atoms. The number of cyclic esters (lactones) is 2. The molecule has 0 bridgehead atoms. The fraction of sp³-hybridized carbons (Fsp3) is 0.474. The fourth-order valence-corrected chi connectivity index (χ4v) is 3.94. The summed E-state index contributed by atoms with van der Waals surface area (Å²) in [4.78, 5) is 26.6. The van der Waals surface area contributed by atoms with E-state index >= 15 is 0 Å². The van der Waals surface area contributed by atoms with E-state index in [-0.39, 0.29) is 5.57 Å². The van der Waals surface area contributed by atoms with Crippen LogP contribution in [0.4, 0.5) is 0 Å². The van der Waals surface area contributed by atoms with Crippen LogP contribution >= 0.6 is 11.8 Å². The number of carbonyl (C=O) groups is 2. The van der Waals surface area contributed by atoms with Crippen molar-refractivity contribution in [3.63, 3.8) is 0 Å². The Balaban J connectivity index is 1.85. The van der Waals surface area contributed by atoms with Crippen LogP contribution in [0.1, 0.15) is 25.0 Å². The van der Waals surface area contributed by atoms with Crippen molar-refractivity contribution in [2.45, 2.75) is 26.2 Å². The Morgan fingerprint density at radius 2 is 1.85 bits per heavy atom. The van der Waals surface area contributed by atoms with Crippen molar-refractivity contribution in [3.05, 3.63) is 34.9 Å². The first kappa shape index (κ1) is 18.8. The van der Waals surface area contributed by atoms with Crippen molar-refractivity contribution in [2.75, 3.05) is 31.7 Å². The lowest BCUT2D eigenvalue weighted by Crippen LogP contribution is -2.41. The molecular weight excluding hydrogens is 354 g/mol. The molecule has 2 fully saturated rings. The van der Waals surface area contributed by atoms with Crippen LogP contribution in [0.25, 0.3) is 6.08 Å². The van der Waals surface area contributed by atoms with Crippen LogP contribution in [0, 0.1) is 0 Å². The van der Waals surface area contributed by atoms with Crippen molar-refractivity contribution in [1.29, 1.82) is 0 Å². The molecule has 2 aliphatic rings. The van der Waals surface area contributed by atoms with E-state index in [1.807, 2.05) is 30.0 Å². The highest BCUT2D eigenvalue weighted by Crippen LogP contribution is 2.27. The number of rotatable bonds is 4. The van der Waals surface area contributed by atoms with Crippen molar-refractivity contribution < 1.29 is 23.8 Å². The summed E-state index contributed by atoms with van der Waals surface area (Å²) in [6.45, 7) is 5.90. The summed E-state index contributed by atoms with van der Waals surface area (Å²) in [5, 5.41) is 0. The van der Waals surface area contributed by atoms with Gasteiger partial charge in [0.1, 0.15) is 11.3 Å². The Labute approximate surface area is 157 Å². The summed E-state index contributed by atoms with van der Waals surface area (Å²) in [5.74, 6) is 0.468. The number of ether oxygens (including phenoxy) is 3. The third-order valence-corrected chi connectivity index (χ3v) is 5.17. The zero-order valence-corrected chi connectivity index (χ0v) is 16.1. The molecule has 2 aliphatic heterocycles. The van der Waals surface area contributed by atoms with E-state index in [1.165, 1.54) is 19.9 Å². The molecule has 0 unspecified atom stereocenters. The van der Waals surface area contributed by atoms with E-state index in [1.54, 1.807) is 7.11 Å². The highest BCUT2D eigenvalue weighted by atomic mass is 32.2. The van der Waals surface area contributed by atoms with E-state index in [9.17, 15) is 9.59 Å². The average molecular weight is 377 g/mol. The second kappa shape index (κ2) is 7.72. The summed E-state index contributed by atoms with van der Waals surface area (Å²) >= 11 is 1.96. The molecule has 2 heterocycles. The van der Waals surface area contributed by atoms with Crippen LogP contribution in [0.5, 0.6) is 5.75 Å². The summed E-state index contributed by atoms with van der Waals surface area (Å²) < 4.78 is 15.7. The number of methoxy groups -OCH3 is 1. The predicted molar refractivity (Wildman–Crippen MR) is 99.8 cm³/mol. The van der Waals surface area contributed by atoms with Gasteiger partial charge in [0.2, 0.25) is 0 Å². The second-order valence-corrected chi connectivity index (χ2v) is 7.92. The maximum Gasteiger partial charge on any atom is 0.348 e. The summed E-state index contributed by atoms with van der Waals surface area (Å²) in [5.41, 5.74) is 1.65. The lowest BCUT2D eigenvalue weighted by molar-refractivity contribution is -0.222.